The summed E-state index contributed by atoms with van der Waals surface area (Å²) < 4.78 is 0. The van der Waals surface area contributed by atoms with Gasteiger partial charge in [-0.05, 0) is 32.3 Å². The number of thiazole rings is 1. The van der Waals surface area contributed by atoms with Crippen molar-refractivity contribution in [2.45, 2.75) is 32.1 Å². The highest BCUT2D eigenvalue weighted by Crippen LogP contribution is 2.35. The molecule has 0 bridgehead atoms. The maximum absolute atomic E-state index is 12.4. The number of nitrogens with zero attached hydrogens (tertiary/aromatic N) is 2. The molecule has 0 radical (unpaired) electrons. The first-order valence-electron chi connectivity index (χ1n) is 7.10. The second-order valence-corrected chi connectivity index (χ2v) is 7.27. The molecule has 0 saturated heterocycles. The van der Waals surface area contributed by atoms with Gasteiger partial charge >= 0.3 is 0 Å². The van der Waals surface area contributed by atoms with Crippen LogP contribution in [-0.2, 0) is 6.42 Å². The van der Waals surface area contributed by atoms with E-state index < -0.39 is 0 Å². The number of rotatable bonds is 3. The molecule has 1 aliphatic carbocycles. The Labute approximate surface area is 133 Å². The average molecular weight is 324 g/mol. The molecule has 0 aliphatic heterocycles. The second-order valence-electron chi connectivity index (χ2n) is 5.55. The first-order valence-corrected chi connectivity index (χ1v) is 8.29. The average Bonchev–Trinajstić information content (AvgIpc) is 3.03. The first kappa shape index (κ1) is 14.6. The normalized spacial score (nSPS) is 17.6. The predicted molar refractivity (Wildman–Crippen MR) is 85.3 cm³/mol. The third-order valence-corrected chi connectivity index (χ3v) is 5.16. The number of halogens is 1. The molecule has 3 rings (SSSR count). The van der Waals surface area contributed by atoms with Gasteiger partial charge in [0.05, 0.1) is 15.7 Å². The molecule has 4 nitrogen and oxygen atoms in total. The van der Waals surface area contributed by atoms with Crippen molar-refractivity contribution in [3.8, 4) is 0 Å². The Kier molecular flexibility index (Phi) is 4.04. The van der Waals surface area contributed by atoms with Crippen LogP contribution in [0, 0.1) is 6.92 Å². The van der Waals surface area contributed by atoms with Gasteiger partial charge in [0.25, 0.3) is 5.91 Å². The molecule has 1 atom stereocenters. The minimum absolute atomic E-state index is 0.0269. The van der Waals surface area contributed by atoms with Gasteiger partial charge in [0, 0.05) is 30.6 Å². The SMILES string of the molecule is Cc1nc2c(s1)CCC[C@H]2CN(C)C(=O)c1cc(Cl)c[nH]1. The van der Waals surface area contributed by atoms with Gasteiger partial charge in [-0.15, -0.1) is 11.3 Å². The lowest BCUT2D eigenvalue weighted by molar-refractivity contribution is 0.0778. The summed E-state index contributed by atoms with van der Waals surface area (Å²) >= 11 is 7.65. The zero-order valence-electron chi connectivity index (χ0n) is 12.1. The van der Waals surface area contributed by atoms with Crippen LogP contribution in [0.1, 0.15) is 44.8 Å². The molecule has 0 fully saturated rings. The van der Waals surface area contributed by atoms with Crippen molar-refractivity contribution in [1.29, 1.82) is 0 Å². The number of hydrogen-bond donors (Lipinski definition) is 1. The zero-order valence-corrected chi connectivity index (χ0v) is 13.7. The van der Waals surface area contributed by atoms with Crippen LogP contribution in [0.5, 0.6) is 0 Å². The molecule has 1 aliphatic rings. The van der Waals surface area contributed by atoms with E-state index in [-0.39, 0.29) is 5.91 Å². The summed E-state index contributed by atoms with van der Waals surface area (Å²) in [5, 5.41) is 1.68. The van der Waals surface area contributed by atoms with Crippen LogP contribution in [0.2, 0.25) is 5.02 Å². The quantitative estimate of drug-likeness (QED) is 0.937. The maximum Gasteiger partial charge on any atom is 0.270 e. The van der Waals surface area contributed by atoms with Crippen LogP contribution in [0.3, 0.4) is 0 Å². The highest BCUT2D eigenvalue weighted by molar-refractivity contribution is 7.11. The van der Waals surface area contributed by atoms with Crippen LogP contribution >= 0.6 is 22.9 Å². The van der Waals surface area contributed by atoms with Crippen molar-refractivity contribution in [2.24, 2.45) is 0 Å². The number of hydrogen-bond acceptors (Lipinski definition) is 3. The summed E-state index contributed by atoms with van der Waals surface area (Å²) in [6, 6.07) is 1.67. The van der Waals surface area contributed by atoms with Crippen molar-refractivity contribution in [3.05, 3.63) is 38.6 Å². The molecule has 1 amide bonds. The number of aromatic amines is 1. The molecule has 112 valence electrons. The minimum atomic E-state index is -0.0269. The summed E-state index contributed by atoms with van der Waals surface area (Å²) in [6.45, 7) is 2.75. The molecule has 0 unspecified atom stereocenters. The van der Waals surface area contributed by atoms with Crippen LogP contribution in [0.15, 0.2) is 12.3 Å². The van der Waals surface area contributed by atoms with Gasteiger partial charge in [-0.3, -0.25) is 4.79 Å². The van der Waals surface area contributed by atoms with Crippen molar-refractivity contribution in [2.75, 3.05) is 13.6 Å². The van der Waals surface area contributed by atoms with Crippen molar-refractivity contribution in [1.82, 2.24) is 14.9 Å². The van der Waals surface area contributed by atoms with Crippen LogP contribution in [-0.4, -0.2) is 34.4 Å². The Hall–Kier alpha value is -1.33. The summed E-state index contributed by atoms with van der Waals surface area (Å²) in [7, 11) is 1.84. The van der Waals surface area contributed by atoms with Gasteiger partial charge in [-0.1, -0.05) is 11.6 Å². The van der Waals surface area contributed by atoms with Gasteiger partial charge in [0.15, 0.2) is 0 Å². The van der Waals surface area contributed by atoms with E-state index in [4.69, 9.17) is 11.6 Å². The fourth-order valence-electron chi connectivity index (χ4n) is 2.92. The van der Waals surface area contributed by atoms with Gasteiger partial charge < -0.3 is 9.88 Å². The number of amides is 1. The first-order chi connectivity index (χ1) is 10.0. The van der Waals surface area contributed by atoms with Crippen LogP contribution < -0.4 is 0 Å². The lowest BCUT2D eigenvalue weighted by atomic mass is 9.90. The van der Waals surface area contributed by atoms with Crippen molar-refractivity contribution in [3.63, 3.8) is 0 Å². The third-order valence-electron chi connectivity index (χ3n) is 3.90. The van der Waals surface area contributed by atoms with Crippen LogP contribution in [0.4, 0.5) is 0 Å². The smallest absolute Gasteiger partial charge is 0.270 e. The van der Waals surface area contributed by atoms with Crippen molar-refractivity contribution < 1.29 is 4.79 Å². The molecular formula is C15H18ClN3OS. The largest absolute Gasteiger partial charge is 0.356 e. The van der Waals surface area contributed by atoms with Crippen LogP contribution in [0.25, 0.3) is 0 Å². The molecule has 1 N–H and O–H groups in total. The summed E-state index contributed by atoms with van der Waals surface area (Å²) in [5.74, 6) is 0.319. The molecule has 0 spiro atoms. The molecule has 2 aromatic rings. The Morgan fingerprint density at radius 1 is 1.62 bits per heavy atom. The molecule has 0 saturated carbocycles. The van der Waals surface area contributed by atoms with E-state index in [0.717, 1.165) is 17.8 Å². The molecule has 6 heteroatoms. The van der Waals surface area contributed by atoms with Gasteiger partial charge in [-0.25, -0.2) is 4.98 Å². The summed E-state index contributed by atoms with van der Waals surface area (Å²) in [5.41, 5.74) is 1.74. The highest BCUT2D eigenvalue weighted by Gasteiger charge is 2.26. The number of carbonyl (C=O) groups is 1. The Bertz CT molecular complexity index is 664. The number of H-pyrrole nitrogens is 1. The topological polar surface area (TPSA) is 49.0 Å². The zero-order chi connectivity index (χ0) is 15.0. The monoisotopic (exact) mass is 323 g/mol. The second kappa shape index (κ2) is 5.81. The van der Waals surface area contributed by atoms with Gasteiger partial charge in [-0.2, -0.15) is 0 Å². The molecule has 0 aromatic carbocycles. The number of carbonyl (C=O) groups excluding carboxylic acids is 1. The number of aryl methyl sites for hydroxylation is 2. The third kappa shape index (κ3) is 2.99. The number of fused-ring (bicyclic) bond motifs is 1. The Morgan fingerprint density at radius 3 is 3.14 bits per heavy atom. The summed E-state index contributed by atoms with van der Waals surface area (Å²) in [6.07, 6.45) is 5.03. The number of aromatic nitrogens is 2. The summed E-state index contributed by atoms with van der Waals surface area (Å²) in [4.78, 5) is 23.1. The predicted octanol–water partition coefficient (Wildman–Crippen LogP) is 3.63. The lowest BCUT2D eigenvalue weighted by Gasteiger charge is -2.26. The van der Waals surface area contributed by atoms with E-state index in [9.17, 15) is 4.79 Å². The van der Waals surface area contributed by atoms with Gasteiger partial charge in [0.1, 0.15) is 5.69 Å². The number of nitrogens with one attached hydrogen (secondary N) is 1. The Balaban J connectivity index is 1.73. The van der Waals surface area contributed by atoms with E-state index in [2.05, 4.69) is 16.9 Å². The van der Waals surface area contributed by atoms with E-state index in [0.29, 0.717) is 23.2 Å². The van der Waals surface area contributed by atoms with E-state index in [1.54, 1.807) is 28.5 Å². The minimum Gasteiger partial charge on any atom is -0.356 e. The van der Waals surface area contributed by atoms with E-state index in [1.165, 1.54) is 17.0 Å². The highest BCUT2D eigenvalue weighted by atomic mass is 35.5. The fourth-order valence-corrected chi connectivity index (χ4v) is 4.14. The molecule has 21 heavy (non-hydrogen) atoms. The molecule has 2 heterocycles. The fraction of sp³-hybridized carbons (Fsp3) is 0.467. The van der Waals surface area contributed by atoms with Crippen molar-refractivity contribution >= 4 is 28.8 Å². The maximum atomic E-state index is 12.4. The number of likely N-dealkylation sites (N-methyl/N-ethyl adjacent to an activating group) is 1. The van der Waals surface area contributed by atoms with Gasteiger partial charge in [0.2, 0.25) is 0 Å². The van der Waals surface area contributed by atoms with E-state index in [1.807, 2.05) is 7.05 Å². The van der Waals surface area contributed by atoms with E-state index >= 15 is 0 Å². The molecular weight excluding hydrogens is 306 g/mol. The lowest BCUT2D eigenvalue weighted by Crippen LogP contribution is -2.32. The standard InChI is InChI=1S/C15H18ClN3OS/c1-9-18-14-10(4-3-5-13(14)21-9)8-19(2)15(20)12-6-11(16)7-17-12/h6-7,10,17H,3-5,8H2,1-2H3/t10-/m0/s1. The Morgan fingerprint density at radius 2 is 2.43 bits per heavy atom. The molecule has 2 aromatic heterocycles.